The van der Waals surface area contributed by atoms with Crippen molar-refractivity contribution in [3.05, 3.63) is 29.6 Å². The summed E-state index contributed by atoms with van der Waals surface area (Å²) in [5.74, 6) is -0.181. The minimum Gasteiger partial charge on any atom is -0.321 e. The molecule has 11 heavy (non-hydrogen) atoms. The Morgan fingerprint density at radius 3 is 2.82 bits per heavy atom. The average Bonchev–Trinajstić information content (AvgIpc) is 1.98. The second-order valence-corrected chi connectivity index (χ2v) is 3.09. The molecule has 0 heterocycles. The molecule has 1 aromatic carbocycles. The van der Waals surface area contributed by atoms with Crippen LogP contribution in [0.3, 0.4) is 0 Å². The summed E-state index contributed by atoms with van der Waals surface area (Å²) >= 11 is 3.90. The Balaban J connectivity index is 2.86. The lowest BCUT2D eigenvalue weighted by atomic mass is 10.2. The first-order valence-electron chi connectivity index (χ1n) is 3.06. The molecule has 0 fully saturated rings. The van der Waals surface area contributed by atoms with E-state index in [1.165, 1.54) is 17.0 Å². The summed E-state index contributed by atoms with van der Waals surface area (Å²) < 4.78 is 15.6. The van der Waals surface area contributed by atoms with E-state index in [9.17, 15) is 4.39 Å². The molecule has 0 saturated heterocycles. The number of nitrogens with one attached hydrogen (secondary N) is 1. The van der Waals surface area contributed by atoms with Gasteiger partial charge in [-0.05, 0) is 30.7 Å². The van der Waals surface area contributed by atoms with Gasteiger partial charge in [0.25, 0.3) is 0 Å². The Morgan fingerprint density at radius 1 is 1.55 bits per heavy atom. The predicted octanol–water partition coefficient (Wildman–Crippen LogP) is 3.04. The van der Waals surface area contributed by atoms with Crippen molar-refractivity contribution in [2.24, 2.45) is 0 Å². The summed E-state index contributed by atoms with van der Waals surface area (Å²) in [6, 6.07) is 4.84. The van der Waals surface area contributed by atoms with Crippen LogP contribution in [-0.4, -0.2) is 0 Å². The summed E-state index contributed by atoms with van der Waals surface area (Å²) in [4.78, 5) is 0. The number of hydrogen-bond donors (Lipinski definition) is 2. The van der Waals surface area contributed by atoms with Crippen molar-refractivity contribution < 1.29 is 4.39 Å². The Hall–Kier alpha value is -0.350. The van der Waals surface area contributed by atoms with E-state index in [0.29, 0.717) is 5.56 Å². The van der Waals surface area contributed by atoms with E-state index in [4.69, 9.17) is 0 Å². The number of anilines is 1. The van der Waals surface area contributed by atoms with Gasteiger partial charge in [0.05, 0.1) is 0 Å². The summed E-state index contributed by atoms with van der Waals surface area (Å²) in [5, 5.41) is 0. The highest BCUT2D eigenvalue weighted by Crippen LogP contribution is 2.17. The smallest absolute Gasteiger partial charge is 0.126 e. The van der Waals surface area contributed by atoms with Crippen molar-refractivity contribution in [1.82, 2.24) is 0 Å². The van der Waals surface area contributed by atoms with Crippen molar-refractivity contribution >= 4 is 28.3 Å². The largest absolute Gasteiger partial charge is 0.321 e. The Morgan fingerprint density at radius 2 is 2.27 bits per heavy atom. The first kappa shape index (κ1) is 8.74. The minimum atomic E-state index is -0.181. The van der Waals surface area contributed by atoms with Gasteiger partial charge in [0.15, 0.2) is 0 Å². The number of hydrogen-bond acceptors (Lipinski definition) is 3. The van der Waals surface area contributed by atoms with E-state index in [0.717, 1.165) is 5.69 Å². The van der Waals surface area contributed by atoms with Gasteiger partial charge >= 0.3 is 0 Å². The highest BCUT2D eigenvalue weighted by atomic mass is 33.1. The number of halogens is 1. The number of benzene rings is 1. The molecule has 0 spiro atoms. The van der Waals surface area contributed by atoms with Crippen LogP contribution in [0, 0.1) is 12.7 Å². The Kier molecular flexibility index (Phi) is 3.08. The van der Waals surface area contributed by atoms with Gasteiger partial charge < -0.3 is 4.72 Å². The molecule has 0 aliphatic carbocycles. The van der Waals surface area contributed by atoms with Crippen LogP contribution in [-0.2, 0) is 0 Å². The van der Waals surface area contributed by atoms with Crippen LogP contribution in [0.4, 0.5) is 10.1 Å². The molecule has 0 aliphatic rings. The van der Waals surface area contributed by atoms with E-state index >= 15 is 0 Å². The van der Waals surface area contributed by atoms with Gasteiger partial charge in [0.2, 0.25) is 0 Å². The lowest BCUT2D eigenvalue weighted by Gasteiger charge is -2.02. The molecule has 0 atom stereocenters. The second kappa shape index (κ2) is 3.88. The van der Waals surface area contributed by atoms with E-state index in [2.05, 4.69) is 16.4 Å². The molecule has 0 bridgehead atoms. The molecular formula is C7H8FNS2. The molecule has 0 saturated carbocycles. The zero-order valence-corrected chi connectivity index (χ0v) is 7.68. The van der Waals surface area contributed by atoms with E-state index in [1.54, 1.807) is 19.1 Å². The fourth-order valence-electron chi connectivity index (χ4n) is 0.761. The van der Waals surface area contributed by atoms with Crippen LogP contribution in [0.5, 0.6) is 0 Å². The Bertz CT molecular complexity index is 252. The van der Waals surface area contributed by atoms with Crippen molar-refractivity contribution in [1.29, 1.82) is 0 Å². The molecule has 1 rings (SSSR count). The summed E-state index contributed by atoms with van der Waals surface area (Å²) in [6.07, 6.45) is 0. The molecular weight excluding hydrogens is 181 g/mol. The Labute approximate surface area is 74.3 Å². The molecule has 1 aromatic rings. The zero-order valence-electron chi connectivity index (χ0n) is 5.97. The maximum Gasteiger partial charge on any atom is 0.126 e. The normalized spacial score (nSPS) is 9.73. The van der Waals surface area contributed by atoms with E-state index in [1.807, 2.05) is 0 Å². The fraction of sp³-hybridized carbons (Fsp3) is 0.143. The minimum absolute atomic E-state index is 0.181. The quantitative estimate of drug-likeness (QED) is 0.421. The second-order valence-electron chi connectivity index (χ2n) is 2.16. The van der Waals surface area contributed by atoms with Crippen LogP contribution in [0.1, 0.15) is 5.56 Å². The van der Waals surface area contributed by atoms with Gasteiger partial charge in [0.1, 0.15) is 5.82 Å². The van der Waals surface area contributed by atoms with Crippen molar-refractivity contribution in [3.63, 3.8) is 0 Å². The van der Waals surface area contributed by atoms with Crippen molar-refractivity contribution in [2.75, 3.05) is 4.72 Å². The number of thiol groups is 1. The molecule has 0 unspecified atom stereocenters. The van der Waals surface area contributed by atoms with E-state index in [-0.39, 0.29) is 5.82 Å². The summed E-state index contributed by atoms with van der Waals surface area (Å²) in [6.45, 7) is 1.73. The first-order valence-corrected chi connectivity index (χ1v) is 4.93. The molecule has 0 aromatic heterocycles. The van der Waals surface area contributed by atoms with Crippen LogP contribution >= 0.6 is 22.6 Å². The van der Waals surface area contributed by atoms with Crippen LogP contribution in [0.2, 0.25) is 0 Å². The summed E-state index contributed by atoms with van der Waals surface area (Å²) in [5.41, 5.74) is 1.50. The summed E-state index contributed by atoms with van der Waals surface area (Å²) in [7, 11) is 1.19. The van der Waals surface area contributed by atoms with Crippen LogP contribution < -0.4 is 4.72 Å². The molecule has 60 valence electrons. The average molecular weight is 189 g/mol. The molecule has 0 radical (unpaired) electrons. The number of aryl methyl sites for hydroxylation is 1. The van der Waals surface area contributed by atoms with Gasteiger partial charge in [-0.3, -0.25) is 0 Å². The third-order valence-corrected chi connectivity index (χ3v) is 1.92. The standard InChI is InChI=1S/C7H8FNS2/c1-5-4-6(9-11-10)2-3-7(5)8/h2-4,9-10H,1H3. The molecule has 1 N–H and O–H groups in total. The van der Waals surface area contributed by atoms with Gasteiger partial charge in [0, 0.05) is 16.7 Å². The van der Waals surface area contributed by atoms with Gasteiger partial charge in [-0.25, -0.2) is 4.39 Å². The van der Waals surface area contributed by atoms with Gasteiger partial charge in [-0.1, -0.05) is 11.7 Å². The van der Waals surface area contributed by atoms with Crippen LogP contribution in [0.15, 0.2) is 18.2 Å². The van der Waals surface area contributed by atoms with E-state index < -0.39 is 0 Å². The van der Waals surface area contributed by atoms with Gasteiger partial charge in [-0.2, -0.15) is 0 Å². The SMILES string of the molecule is Cc1cc(NSS)ccc1F. The number of rotatable bonds is 2. The topological polar surface area (TPSA) is 12.0 Å². The first-order chi connectivity index (χ1) is 5.24. The predicted molar refractivity (Wildman–Crippen MR) is 51.3 cm³/mol. The van der Waals surface area contributed by atoms with Gasteiger partial charge in [-0.15, -0.1) is 0 Å². The maximum absolute atomic E-state index is 12.7. The highest BCUT2D eigenvalue weighted by molar-refractivity contribution is 8.69. The molecule has 1 nitrogen and oxygen atoms in total. The molecule has 4 heteroatoms. The fourth-order valence-corrected chi connectivity index (χ4v) is 1.31. The highest BCUT2D eigenvalue weighted by Gasteiger charge is 1.96. The maximum atomic E-state index is 12.7. The lowest BCUT2D eigenvalue weighted by Crippen LogP contribution is -1.86. The molecule has 0 amide bonds. The third kappa shape index (κ3) is 2.31. The third-order valence-electron chi connectivity index (χ3n) is 1.32. The lowest BCUT2D eigenvalue weighted by molar-refractivity contribution is 0.619. The van der Waals surface area contributed by atoms with Crippen LogP contribution in [0.25, 0.3) is 0 Å². The zero-order chi connectivity index (χ0) is 8.27. The molecule has 0 aliphatic heterocycles. The van der Waals surface area contributed by atoms with Crippen molar-refractivity contribution in [2.45, 2.75) is 6.92 Å². The van der Waals surface area contributed by atoms with Crippen molar-refractivity contribution in [3.8, 4) is 0 Å². The monoisotopic (exact) mass is 189 g/mol.